The van der Waals surface area contributed by atoms with Crippen molar-refractivity contribution >= 4 is 27.2 Å². The number of thiophene rings is 1. The fraction of sp³-hybridized carbons (Fsp3) is 0.294. The standard InChI is InChI=1S/C17H19N3S/c1-11(2)8-12-9-16(18-3)20-17(19-12)14-10-21-15-7-5-4-6-13(14)15/h4-7,9-11H,8H2,1-3H3,(H,18,19,20). The van der Waals surface area contributed by atoms with E-state index in [1.807, 2.05) is 13.1 Å². The maximum absolute atomic E-state index is 4.77. The van der Waals surface area contributed by atoms with Gasteiger partial charge in [0.05, 0.1) is 0 Å². The van der Waals surface area contributed by atoms with Crippen molar-refractivity contribution in [2.45, 2.75) is 20.3 Å². The molecule has 4 heteroatoms. The zero-order valence-corrected chi connectivity index (χ0v) is 13.4. The zero-order chi connectivity index (χ0) is 14.8. The minimum absolute atomic E-state index is 0.580. The van der Waals surface area contributed by atoms with Crippen LogP contribution in [0.4, 0.5) is 5.82 Å². The molecule has 0 spiro atoms. The number of rotatable bonds is 4. The van der Waals surface area contributed by atoms with E-state index in [4.69, 9.17) is 4.98 Å². The highest BCUT2D eigenvalue weighted by molar-refractivity contribution is 7.17. The number of fused-ring (bicyclic) bond motifs is 1. The maximum Gasteiger partial charge on any atom is 0.163 e. The summed E-state index contributed by atoms with van der Waals surface area (Å²) in [7, 11) is 1.90. The van der Waals surface area contributed by atoms with Crippen molar-refractivity contribution in [1.29, 1.82) is 0 Å². The quantitative estimate of drug-likeness (QED) is 0.765. The predicted octanol–water partition coefficient (Wildman–Crippen LogP) is 4.60. The second-order valence-corrected chi connectivity index (χ2v) is 6.47. The molecule has 3 aromatic rings. The van der Waals surface area contributed by atoms with Gasteiger partial charge in [0.1, 0.15) is 5.82 Å². The molecule has 0 radical (unpaired) electrons. The molecule has 0 amide bonds. The van der Waals surface area contributed by atoms with E-state index >= 15 is 0 Å². The monoisotopic (exact) mass is 297 g/mol. The van der Waals surface area contributed by atoms with Gasteiger partial charge >= 0.3 is 0 Å². The third-order valence-corrected chi connectivity index (χ3v) is 4.34. The summed E-state index contributed by atoms with van der Waals surface area (Å²) in [5.41, 5.74) is 2.22. The summed E-state index contributed by atoms with van der Waals surface area (Å²) < 4.78 is 1.27. The molecular weight excluding hydrogens is 278 g/mol. The van der Waals surface area contributed by atoms with Gasteiger partial charge in [0.15, 0.2) is 5.82 Å². The summed E-state index contributed by atoms with van der Waals surface area (Å²) in [5.74, 6) is 2.28. The van der Waals surface area contributed by atoms with Crippen molar-refractivity contribution in [2.75, 3.05) is 12.4 Å². The van der Waals surface area contributed by atoms with Crippen LogP contribution in [0.2, 0.25) is 0 Å². The molecule has 2 aromatic heterocycles. The molecule has 0 unspecified atom stereocenters. The third kappa shape index (κ3) is 2.90. The van der Waals surface area contributed by atoms with E-state index in [9.17, 15) is 0 Å². The third-order valence-electron chi connectivity index (χ3n) is 3.37. The molecule has 0 saturated heterocycles. The summed E-state index contributed by atoms with van der Waals surface area (Å²) in [6.07, 6.45) is 0.965. The van der Waals surface area contributed by atoms with Gasteiger partial charge in [-0.1, -0.05) is 32.0 Å². The average molecular weight is 297 g/mol. The first-order valence-corrected chi connectivity index (χ1v) is 8.07. The van der Waals surface area contributed by atoms with Crippen LogP contribution in [0, 0.1) is 5.92 Å². The van der Waals surface area contributed by atoms with Gasteiger partial charge in [-0.15, -0.1) is 11.3 Å². The Hall–Kier alpha value is -1.94. The Morgan fingerprint density at radius 3 is 2.76 bits per heavy atom. The molecule has 0 bridgehead atoms. The van der Waals surface area contributed by atoms with Crippen LogP contribution in [-0.2, 0) is 6.42 Å². The van der Waals surface area contributed by atoms with E-state index in [1.54, 1.807) is 11.3 Å². The molecular formula is C17H19N3S. The number of hydrogen-bond donors (Lipinski definition) is 1. The van der Waals surface area contributed by atoms with Gasteiger partial charge in [-0.2, -0.15) is 0 Å². The lowest BCUT2D eigenvalue weighted by Gasteiger charge is -2.09. The van der Waals surface area contributed by atoms with Gasteiger partial charge in [-0.05, 0) is 18.4 Å². The first-order valence-electron chi connectivity index (χ1n) is 7.19. The van der Waals surface area contributed by atoms with Crippen LogP contribution in [0.1, 0.15) is 19.5 Å². The average Bonchev–Trinajstić information content (AvgIpc) is 2.90. The summed E-state index contributed by atoms with van der Waals surface area (Å²) in [6, 6.07) is 10.4. The lowest BCUT2D eigenvalue weighted by atomic mass is 10.1. The van der Waals surface area contributed by atoms with Crippen LogP contribution >= 0.6 is 11.3 Å². The van der Waals surface area contributed by atoms with Crippen LogP contribution in [0.15, 0.2) is 35.7 Å². The van der Waals surface area contributed by atoms with Crippen molar-refractivity contribution in [3.8, 4) is 11.4 Å². The Morgan fingerprint density at radius 2 is 2.00 bits per heavy atom. The highest BCUT2D eigenvalue weighted by atomic mass is 32.1. The molecule has 0 fully saturated rings. The molecule has 0 aliphatic heterocycles. The minimum Gasteiger partial charge on any atom is -0.373 e. The number of benzene rings is 1. The number of aromatic nitrogens is 2. The molecule has 0 saturated carbocycles. The molecule has 0 aliphatic rings. The molecule has 1 N–H and O–H groups in total. The fourth-order valence-corrected chi connectivity index (χ4v) is 3.36. The number of nitrogens with one attached hydrogen (secondary N) is 1. The van der Waals surface area contributed by atoms with E-state index in [0.717, 1.165) is 29.3 Å². The Kier molecular flexibility index (Phi) is 3.88. The predicted molar refractivity (Wildman–Crippen MR) is 90.9 cm³/mol. The Labute approximate surface area is 129 Å². The normalized spacial score (nSPS) is 11.2. The number of hydrogen-bond acceptors (Lipinski definition) is 4. The van der Waals surface area contributed by atoms with E-state index in [-0.39, 0.29) is 0 Å². The van der Waals surface area contributed by atoms with Gasteiger partial charge in [0, 0.05) is 39.8 Å². The summed E-state index contributed by atoms with van der Waals surface area (Å²) in [5, 5.41) is 6.52. The smallest absolute Gasteiger partial charge is 0.163 e. The lowest BCUT2D eigenvalue weighted by molar-refractivity contribution is 0.635. The van der Waals surface area contributed by atoms with Crippen molar-refractivity contribution in [3.05, 3.63) is 41.4 Å². The topological polar surface area (TPSA) is 37.8 Å². The van der Waals surface area contributed by atoms with E-state index in [0.29, 0.717) is 5.92 Å². The van der Waals surface area contributed by atoms with Gasteiger partial charge in [0.25, 0.3) is 0 Å². The molecule has 21 heavy (non-hydrogen) atoms. The van der Waals surface area contributed by atoms with Crippen molar-refractivity contribution in [2.24, 2.45) is 5.92 Å². The SMILES string of the molecule is CNc1cc(CC(C)C)nc(-c2csc3ccccc23)n1. The lowest BCUT2D eigenvalue weighted by Crippen LogP contribution is -2.03. The first-order chi connectivity index (χ1) is 10.2. The summed E-state index contributed by atoms with van der Waals surface area (Å²) >= 11 is 1.74. The molecule has 3 rings (SSSR count). The van der Waals surface area contributed by atoms with Crippen LogP contribution < -0.4 is 5.32 Å². The molecule has 2 heterocycles. The van der Waals surface area contributed by atoms with Crippen LogP contribution in [0.25, 0.3) is 21.5 Å². The van der Waals surface area contributed by atoms with E-state index in [2.05, 4.69) is 53.8 Å². The highest BCUT2D eigenvalue weighted by Gasteiger charge is 2.12. The molecule has 0 atom stereocenters. The van der Waals surface area contributed by atoms with Crippen molar-refractivity contribution < 1.29 is 0 Å². The summed E-state index contributed by atoms with van der Waals surface area (Å²) in [4.78, 5) is 9.41. The van der Waals surface area contributed by atoms with Crippen LogP contribution in [0.5, 0.6) is 0 Å². The van der Waals surface area contributed by atoms with Gasteiger partial charge < -0.3 is 5.32 Å². The van der Waals surface area contributed by atoms with Gasteiger partial charge in [0.2, 0.25) is 0 Å². The molecule has 3 nitrogen and oxygen atoms in total. The molecule has 108 valence electrons. The Balaban J connectivity index is 2.12. The minimum atomic E-state index is 0.580. The zero-order valence-electron chi connectivity index (χ0n) is 12.6. The molecule has 0 aliphatic carbocycles. The second-order valence-electron chi connectivity index (χ2n) is 5.56. The number of anilines is 1. The van der Waals surface area contributed by atoms with Crippen molar-refractivity contribution in [3.63, 3.8) is 0 Å². The van der Waals surface area contributed by atoms with E-state index < -0.39 is 0 Å². The molecule has 1 aromatic carbocycles. The van der Waals surface area contributed by atoms with E-state index in [1.165, 1.54) is 10.1 Å². The number of nitrogens with zero attached hydrogens (tertiary/aromatic N) is 2. The Bertz CT molecular complexity index is 762. The first kappa shape index (κ1) is 14.0. The highest BCUT2D eigenvalue weighted by Crippen LogP contribution is 2.32. The Morgan fingerprint density at radius 1 is 1.19 bits per heavy atom. The second kappa shape index (κ2) is 5.82. The van der Waals surface area contributed by atoms with Crippen LogP contribution in [-0.4, -0.2) is 17.0 Å². The van der Waals surface area contributed by atoms with Crippen LogP contribution in [0.3, 0.4) is 0 Å². The van der Waals surface area contributed by atoms with Crippen molar-refractivity contribution in [1.82, 2.24) is 9.97 Å². The van der Waals surface area contributed by atoms with Gasteiger partial charge in [-0.25, -0.2) is 9.97 Å². The largest absolute Gasteiger partial charge is 0.373 e. The summed E-state index contributed by atoms with van der Waals surface area (Å²) in [6.45, 7) is 4.42. The maximum atomic E-state index is 4.77. The van der Waals surface area contributed by atoms with Gasteiger partial charge in [-0.3, -0.25) is 0 Å². The fourth-order valence-electron chi connectivity index (χ4n) is 2.42.